The van der Waals surface area contributed by atoms with Gasteiger partial charge >= 0.3 is 0 Å². The molecule has 3 nitrogen and oxygen atoms in total. The summed E-state index contributed by atoms with van der Waals surface area (Å²) >= 11 is 0. The SMILES string of the molecule is CCCCS(=O)(=O)c1cccc(/C=C/CN)c1. The zero-order chi connectivity index (χ0) is 12.7. The highest BCUT2D eigenvalue weighted by atomic mass is 32.2. The Kier molecular flexibility index (Phi) is 5.38. The first-order chi connectivity index (χ1) is 8.10. The lowest BCUT2D eigenvalue weighted by molar-refractivity contribution is 0.592. The van der Waals surface area contributed by atoms with Crippen molar-refractivity contribution in [1.82, 2.24) is 0 Å². The van der Waals surface area contributed by atoms with Gasteiger partial charge in [-0.25, -0.2) is 8.42 Å². The maximum absolute atomic E-state index is 12.0. The molecule has 4 heteroatoms. The average molecular weight is 253 g/mol. The summed E-state index contributed by atoms with van der Waals surface area (Å²) in [5.41, 5.74) is 6.23. The molecule has 0 aliphatic rings. The van der Waals surface area contributed by atoms with Crippen LogP contribution in [-0.2, 0) is 9.84 Å². The monoisotopic (exact) mass is 253 g/mol. The molecule has 0 bridgehead atoms. The van der Waals surface area contributed by atoms with Crippen LogP contribution in [0.1, 0.15) is 25.3 Å². The molecule has 1 rings (SSSR count). The molecule has 0 unspecified atom stereocenters. The lowest BCUT2D eigenvalue weighted by Crippen LogP contribution is -2.06. The smallest absolute Gasteiger partial charge is 0.178 e. The van der Waals surface area contributed by atoms with E-state index in [9.17, 15) is 8.42 Å². The van der Waals surface area contributed by atoms with Crippen LogP contribution in [-0.4, -0.2) is 20.7 Å². The Morgan fingerprint density at radius 3 is 2.76 bits per heavy atom. The third-order valence-corrected chi connectivity index (χ3v) is 4.23. The van der Waals surface area contributed by atoms with Crippen LogP contribution in [0.5, 0.6) is 0 Å². The minimum absolute atomic E-state index is 0.216. The van der Waals surface area contributed by atoms with E-state index in [2.05, 4.69) is 0 Å². The van der Waals surface area contributed by atoms with Crippen molar-refractivity contribution >= 4 is 15.9 Å². The largest absolute Gasteiger partial charge is 0.327 e. The predicted molar refractivity (Wildman–Crippen MR) is 71.5 cm³/mol. The molecule has 1 aromatic rings. The Bertz CT molecular complexity index is 478. The van der Waals surface area contributed by atoms with Gasteiger partial charge < -0.3 is 5.73 Å². The van der Waals surface area contributed by atoms with Crippen LogP contribution in [0.25, 0.3) is 6.08 Å². The van der Waals surface area contributed by atoms with Gasteiger partial charge in [0.1, 0.15) is 0 Å². The lowest BCUT2D eigenvalue weighted by Gasteiger charge is -2.04. The van der Waals surface area contributed by atoms with Crippen LogP contribution in [0.2, 0.25) is 0 Å². The summed E-state index contributed by atoms with van der Waals surface area (Å²) in [5, 5.41) is 0. The van der Waals surface area contributed by atoms with Crippen molar-refractivity contribution in [2.24, 2.45) is 5.73 Å². The van der Waals surface area contributed by atoms with Gasteiger partial charge in [0.25, 0.3) is 0 Å². The second-order valence-electron chi connectivity index (χ2n) is 3.88. The first-order valence-electron chi connectivity index (χ1n) is 5.79. The molecule has 94 valence electrons. The zero-order valence-corrected chi connectivity index (χ0v) is 10.9. The third kappa shape index (κ3) is 4.32. The molecule has 0 saturated carbocycles. The van der Waals surface area contributed by atoms with Crippen LogP contribution >= 0.6 is 0 Å². The normalized spacial score (nSPS) is 12.1. The summed E-state index contributed by atoms with van der Waals surface area (Å²) in [4.78, 5) is 0.394. The van der Waals surface area contributed by atoms with E-state index in [0.717, 1.165) is 12.0 Å². The summed E-state index contributed by atoms with van der Waals surface area (Å²) in [6.45, 7) is 2.43. The van der Waals surface area contributed by atoms with Crippen molar-refractivity contribution in [3.63, 3.8) is 0 Å². The van der Waals surface area contributed by atoms with E-state index < -0.39 is 9.84 Å². The Hall–Kier alpha value is -1.13. The fourth-order valence-electron chi connectivity index (χ4n) is 1.47. The van der Waals surface area contributed by atoms with Gasteiger partial charge in [-0.05, 0) is 24.1 Å². The van der Waals surface area contributed by atoms with Gasteiger partial charge in [-0.3, -0.25) is 0 Å². The van der Waals surface area contributed by atoms with Gasteiger partial charge in [0, 0.05) is 6.54 Å². The topological polar surface area (TPSA) is 60.2 Å². The van der Waals surface area contributed by atoms with E-state index in [1.165, 1.54) is 0 Å². The summed E-state index contributed by atoms with van der Waals surface area (Å²) in [6, 6.07) is 6.96. The summed E-state index contributed by atoms with van der Waals surface area (Å²) < 4.78 is 23.9. The minimum atomic E-state index is -3.14. The van der Waals surface area contributed by atoms with E-state index in [1.807, 2.05) is 19.1 Å². The number of hydrogen-bond donors (Lipinski definition) is 1. The van der Waals surface area contributed by atoms with Gasteiger partial charge in [0.15, 0.2) is 9.84 Å². The number of hydrogen-bond acceptors (Lipinski definition) is 3. The maximum Gasteiger partial charge on any atom is 0.178 e. The van der Waals surface area contributed by atoms with Crippen molar-refractivity contribution < 1.29 is 8.42 Å². The molecule has 0 fully saturated rings. The van der Waals surface area contributed by atoms with E-state index in [-0.39, 0.29) is 5.75 Å². The highest BCUT2D eigenvalue weighted by Crippen LogP contribution is 2.15. The Morgan fingerprint density at radius 2 is 2.12 bits per heavy atom. The predicted octanol–water partition coefficient (Wildman–Crippen LogP) is 2.23. The minimum Gasteiger partial charge on any atom is -0.327 e. The Morgan fingerprint density at radius 1 is 1.35 bits per heavy atom. The number of unbranched alkanes of at least 4 members (excludes halogenated alkanes) is 1. The highest BCUT2D eigenvalue weighted by molar-refractivity contribution is 7.91. The first kappa shape index (κ1) is 13.9. The van der Waals surface area contributed by atoms with Gasteiger partial charge in [0.05, 0.1) is 10.6 Å². The molecular weight excluding hydrogens is 234 g/mol. The van der Waals surface area contributed by atoms with Crippen LogP contribution < -0.4 is 5.73 Å². The average Bonchev–Trinajstić information content (AvgIpc) is 2.34. The fourth-order valence-corrected chi connectivity index (χ4v) is 2.97. The van der Waals surface area contributed by atoms with E-state index in [1.54, 1.807) is 24.3 Å². The van der Waals surface area contributed by atoms with Crippen LogP contribution in [0.15, 0.2) is 35.2 Å². The zero-order valence-electron chi connectivity index (χ0n) is 10.1. The van der Waals surface area contributed by atoms with Gasteiger partial charge in [-0.1, -0.05) is 37.6 Å². The quantitative estimate of drug-likeness (QED) is 0.845. The molecule has 0 heterocycles. The van der Waals surface area contributed by atoms with Crippen LogP contribution in [0.3, 0.4) is 0 Å². The molecule has 0 spiro atoms. The van der Waals surface area contributed by atoms with Crippen LogP contribution in [0.4, 0.5) is 0 Å². The molecule has 0 aromatic heterocycles. The van der Waals surface area contributed by atoms with Gasteiger partial charge in [-0.2, -0.15) is 0 Å². The molecule has 0 aliphatic heterocycles. The highest BCUT2D eigenvalue weighted by Gasteiger charge is 2.13. The summed E-state index contributed by atoms with van der Waals surface area (Å²) in [7, 11) is -3.14. The van der Waals surface area contributed by atoms with Crippen molar-refractivity contribution in [3.05, 3.63) is 35.9 Å². The Labute approximate surface area is 103 Å². The summed E-state index contributed by atoms with van der Waals surface area (Å²) in [6.07, 6.45) is 5.22. The van der Waals surface area contributed by atoms with Crippen molar-refractivity contribution in [3.8, 4) is 0 Å². The van der Waals surface area contributed by atoms with Crippen molar-refractivity contribution in [2.75, 3.05) is 12.3 Å². The molecule has 0 saturated heterocycles. The number of benzene rings is 1. The van der Waals surface area contributed by atoms with E-state index >= 15 is 0 Å². The third-order valence-electron chi connectivity index (χ3n) is 2.43. The van der Waals surface area contributed by atoms with Gasteiger partial charge in [-0.15, -0.1) is 0 Å². The molecule has 2 N–H and O–H groups in total. The molecule has 0 aliphatic carbocycles. The van der Waals surface area contributed by atoms with Gasteiger partial charge in [0.2, 0.25) is 0 Å². The van der Waals surface area contributed by atoms with Crippen molar-refractivity contribution in [2.45, 2.75) is 24.7 Å². The summed E-state index contributed by atoms with van der Waals surface area (Å²) in [5.74, 6) is 0.216. The second-order valence-corrected chi connectivity index (χ2v) is 5.99. The van der Waals surface area contributed by atoms with Crippen LogP contribution in [0, 0.1) is 0 Å². The molecule has 0 amide bonds. The molecular formula is C13H19NO2S. The fraction of sp³-hybridized carbons (Fsp3) is 0.385. The maximum atomic E-state index is 12.0. The van der Waals surface area contributed by atoms with Crippen molar-refractivity contribution in [1.29, 1.82) is 0 Å². The lowest BCUT2D eigenvalue weighted by atomic mass is 10.2. The molecule has 0 atom stereocenters. The van der Waals surface area contributed by atoms with E-state index in [0.29, 0.717) is 17.9 Å². The molecule has 0 radical (unpaired) electrons. The first-order valence-corrected chi connectivity index (χ1v) is 7.45. The second kappa shape index (κ2) is 6.57. The number of rotatable bonds is 6. The van der Waals surface area contributed by atoms with E-state index in [4.69, 9.17) is 5.73 Å². The molecule has 1 aromatic carbocycles. The number of sulfone groups is 1. The number of nitrogens with two attached hydrogens (primary N) is 1. The standard InChI is InChI=1S/C13H19NO2S/c1-2-3-10-17(15,16)13-8-4-6-12(11-13)7-5-9-14/h4-8,11H,2-3,9-10,14H2,1H3/b7-5+. The molecule has 17 heavy (non-hydrogen) atoms. The Balaban J connectivity index is 2.94.